The van der Waals surface area contributed by atoms with Crippen molar-refractivity contribution in [2.75, 3.05) is 39.8 Å². The van der Waals surface area contributed by atoms with Crippen LogP contribution in [0.2, 0.25) is 0 Å². The van der Waals surface area contributed by atoms with Crippen molar-refractivity contribution in [2.24, 2.45) is 0 Å². The molecule has 0 unspecified atom stereocenters. The van der Waals surface area contributed by atoms with Gasteiger partial charge in [-0.15, -0.1) is 0 Å². The smallest absolute Gasteiger partial charge is 0.0805 e. The van der Waals surface area contributed by atoms with Crippen molar-refractivity contribution in [3.8, 4) is 0 Å². The molecule has 0 amide bonds. The molecule has 1 aliphatic heterocycles. The predicted octanol–water partition coefficient (Wildman–Crippen LogP) is 0.851. The number of nitrogens with zero attached hydrogens (tertiary/aromatic N) is 1. The number of hydrogen-bond acceptors (Lipinski definition) is 3. The molecular formula is C11H22N2O. The SMILES string of the molecule is COC1(CN2CCNCC2)CCCC1. The van der Waals surface area contributed by atoms with E-state index in [9.17, 15) is 0 Å². The third kappa shape index (κ3) is 2.27. The largest absolute Gasteiger partial charge is 0.377 e. The van der Waals surface area contributed by atoms with Crippen molar-refractivity contribution >= 4 is 0 Å². The Labute approximate surface area is 86.8 Å². The Kier molecular flexibility index (Phi) is 3.42. The summed E-state index contributed by atoms with van der Waals surface area (Å²) in [7, 11) is 1.88. The number of ether oxygens (including phenoxy) is 1. The fraction of sp³-hybridized carbons (Fsp3) is 1.00. The second-order valence-corrected chi connectivity index (χ2v) is 4.62. The molecule has 14 heavy (non-hydrogen) atoms. The van der Waals surface area contributed by atoms with Crippen LogP contribution in [0.25, 0.3) is 0 Å². The highest BCUT2D eigenvalue weighted by atomic mass is 16.5. The molecular weight excluding hydrogens is 176 g/mol. The Hall–Kier alpha value is -0.120. The van der Waals surface area contributed by atoms with E-state index >= 15 is 0 Å². The second kappa shape index (κ2) is 4.60. The maximum Gasteiger partial charge on any atom is 0.0805 e. The van der Waals surface area contributed by atoms with Gasteiger partial charge in [-0.05, 0) is 12.8 Å². The van der Waals surface area contributed by atoms with Gasteiger partial charge in [0.15, 0.2) is 0 Å². The third-order valence-electron chi connectivity index (χ3n) is 3.67. The first-order valence-corrected chi connectivity index (χ1v) is 5.83. The molecule has 0 aromatic carbocycles. The maximum atomic E-state index is 5.74. The predicted molar refractivity (Wildman–Crippen MR) is 57.5 cm³/mol. The minimum atomic E-state index is 0.192. The number of methoxy groups -OCH3 is 1. The van der Waals surface area contributed by atoms with Crippen LogP contribution in [0.3, 0.4) is 0 Å². The molecule has 0 spiro atoms. The first-order valence-electron chi connectivity index (χ1n) is 5.83. The summed E-state index contributed by atoms with van der Waals surface area (Å²) in [6.45, 7) is 5.79. The molecule has 0 aromatic rings. The van der Waals surface area contributed by atoms with Crippen LogP contribution in [-0.2, 0) is 4.74 Å². The van der Waals surface area contributed by atoms with Gasteiger partial charge in [0.25, 0.3) is 0 Å². The number of nitrogens with one attached hydrogen (secondary N) is 1. The Morgan fingerprint density at radius 1 is 1.21 bits per heavy atom. The van der Waals surface area contributed by atoms with Gasteiger partial charge in [-0.2, -0.15) is 0 Å². The number of rotatable bonds is 3. The fourth-order valence-corrected chi connectivity index (χ4v) is 2.72. The molecule has 1 aliphatic carbocycles. The molecule has 3 heteroatoms. The minimum absolute atomic E-state index is 0.192. The summed E-state index contributed by atoms with van der Waals surface area (Å²) in [6, 6.07) is 0. The zero-order valence-corrected chi connectivity index (χ0v) is 9.22. The van der Waals surface area contributed by atoms with E-state index in [1.807, 2.05) is 7.11 Å². The molecule has 82 valence electrons. The van der Waals surface area contributed by atoms with E-state index in [2.05, 4.69) is 10.2 Å². The van der Waals surface area contributed by atoms with E-state index in [1.165, 1.54) is 38.8 Å². The molecule has 0 bridgehead atoms. The lowest BCUT2D eigenvalue weighted by atomic mass is 10.0. The van der Waals surface area contributed by atoms with E-state index in [-0.39, 0.29) is 5.60 Å². The van der Waals surface area contributed by atoms with E-state index in [4.69, 9.17) is 4.74 Å². The third-order valence-corrected chi connectivity index (χ3v) is 3.67. The van der Waals surface area contributed by atoms with E-state index in [1.54, 1.807) is 0 Å². The standard InChI is InChI=1S/C11H22N2O/c1-14-11(4-2-3-5-11)10-13-8-6-12-7-9-13/h12H,2-10H2,1H3. The summed E-state index contributed by atoms with van der Waals surface area (Å²) in [5.41, 5.74) is 0.192. The van der Waals surface area contributed by atoms with Crippen LogP contribution in [0.1, 0.15) is 25.7 Å². The zero-order valence-electron chi connectivity index (χ0n) is 9.22. The highest BCUT2D eigenvalue weighted by Crippen LogP contribution is 2.33. The fourth-order valence-electron chi connectivity index (χ4n) is 2.72. The van der Waals surface area contributed by atoms with Crippen LogP contribution >= 0.6 is 0 Å². The second-order valence-electron chi connectivity index (χ2n) is 4.62. The molecule has 2 fully saturated rings. The lowest BCUT2D eigenvalue weighted by Gasteiger charge is -2.36. The van der Waals surface area contributed by atoms with Gasteiger partial charge in [0.1, 0.15) is 0 Å². The first kappa shape index (κ1) is 10.4. The van der Waals surface area contributed by atoms with Crippen molar-refractivity contribution in [3.63, 3.8) is 0 Å². The van der Waals surface area contributed by atoms with E-state index in [0.29, 0.717) is 0 Å². The highest BCUT2D eigenvalue weighted by molar-refractivity contribution is 4.90. The van der Waals surface area contributed by atoms with Gasteiger partial charge < -0.3 is 10.1 Å². The topological polar surface area (TPSA) is 24.5 Å². The Morgan fingerprint density at radius 3 is 2.43 bits per heavy atom. The van der Waals surface area contributed by atoms with Gasteiger partial charge in [0.05, 0.1) is 5.60 Å². The molecule has 0 radical (unpaired) electrons. The molecule has 2 rings (SSSR count). The van der Waals surface area contributed by atoms with Gasteiger partial charge in [-0.1, -0.05) is 12.8 Å². The molecule has 1 saturated heterocycles. The molecule has 1 saturated carbocycles. The summed E-state index contributed by atoms with van der Waals surface area (Å²) in [4.78, 5) is 2.55. The average molecular weight is 198 g/mol. The van der Waals surface area contributed by atoms with Crippen LogP contribution in [0.15, 0.2) is 0 Å². The molecule has 1 N–H and O–H groups in total. The Bertz CT molecular complexity index is 172. The summed E-state index contributed by atoms with van der Waals surface area (Å²) in [6.07, 6.45) is 5.21. The van der Waals surface area contributed by atoms with Crippen molar-refractivity contribution in [3.05, 3.63) is 0 Å². The lowest BCUT2D eigenvalue weighted by Crippen LogP contribution is -2.50. The first-order chi connectivity index (χ1) is 6.85. The van der Waals surface area contributed by atoms with Crippen molar-refractivity contribution in [1.82, 2.24) is 10.2 Å². The summed E-state index contributed by atoms with van der Waals surface area (Å²) >= 11 is 0. The number of hydrogen-bond donors (Lipinski definition) is 1. The normalized spacial score (nSPS) is 28.1. The molecule has 2 aliphatic rings. The van der Waals surface area contributed by atoms with Crippen molar-refractivity contribution < 1.29 is 4.74 Å². The molecule has 0 aromatic heterocycles. The van der Waals surface area contributed by atoms with Crippen LogP contribution in [0.5, 0.6) is 0 Å². The Balaban J connectivity index is 1.86. The minimum Gasteiger partial charge on any atom is -0.377 e. The summed E-state index contributed by atoms with van der Waals surface area (Å²) < 4.78 is 5.74. The lowest BCUT2D eigenvalue weighted by molar-refractivity contribution is -0.0332. The molecule has 0 atom stereocenters. The van der Waals surface area contributed by atoms with Crippen molar-refractivity contribution in [2.45, 2.75) is 31.3 Å². The van der Waals surface area contributed by atoms with Crippen LogP contribution < -0.4 is 5.32 Å². The zero-order chi connectivity index (χ0) is 9.86. The van der Waals surface area contributed by atoms with Crippen molar-refractivity contribution in [1.29, 1.82) is 0 Å². The summed E-state index contributed by atoms with van der Waals surface area (Å²) in [5.74, 6) is 0. The summed E-state index contributed by atoms with van der Waals surface area (Å²) in [5, 5.41) is 3.39. The maximum absolute atomic E-state index is 5.74. The van der Waals surface area contributed by atoms with E-state index in [0.717, 1.165) is 19.6 Å². The highest BCUT2D eigenvalue weighted by Gasteiger charge is 2.35. The van der Waals surface area contributed by atoms with Gasteiger partial charge in [0.2, 0.25) is 0 Å². The van der Waals surface area contributed by atoms with Gasteiger partial charge in [0, 0.05) is 39.8 Å². The Morgan fingerprint density at radius 2 is 1.86 bits per heavy atom. The van der Waals surface area contributed by atoms with Gasteiger partial charge in [-0.3, -0.25) is 4.90 Å². The van der Waals surface area contributed by atoms with Crippen LogP contribution in [0.4, 0.5) is 0 Å². The van der Waals surface area contributed by atoms with Crippen LogP contribution in [0, 0.1) is 0 Å². The number of piperazine rings is 1. The van der Waals surface area contributed by atoms with Gasteiger partial charge in [-0.25, -0.2) is 0 Å². The van der Waals surface area contributed by atoms with Gasteiger partial charge >= 0.3 is 0 Å². The quantitative estimate of drug-likeness (QED) is 0.727. The van der Waals surface area contributed by atoms with E-state index < -0.39 is 0 Å². The molecule has 1 heterocycles. The van der Waals surface area contributed by atoms with Crippen LogP contribution in [-0.4, -0.2) is 50.3 Å². The monoisotopic (exact) mass is 198 g/mol. The average Bonchev–Trinajstić information content (AvgIpc) is 2.69. The molecule has 3 nitrogen and oxygen atoms in total.